The summed E-state index contributed by atoms with van der Waals surface area (Å²) in [6.45, 7) is 6.84. The highest BCUT2D eigenvalue weighted by atomic mass is 19.4. The van der Waals surface area contributed by atoms with Gasteiger partial charge >= 0.3 is 12.1 Å². The number of hydrogen-bond donors (Lipinski definition) is 2. The third kappa shape index (κ3) is 3.87. The van der Waals surface area contributed by atoms with Gasteiger partial charge in [-0.15, -0.1) is 0 Å². The molecule has 0 bridgehead atoms. The second kappa shape index (κ2) is 8.12. The largest absolute Gasteiger partial charge is 0.496 e. The molecule has 0 aliphatic rings. The SMILES string of the molecule is CC=C(c1ccc(C(C)C)cc1OC)C(CC)C(O)(C(=O)O)C(F)(F)F. The van der Waals surface area contributed by atoms with E-state index in [0.717, 1.165) is 5.56 Å². The van der Waals surface area contributed by atoms with Crippen molar-refractivity contribution in [2.45, 2.75) is 51.8 Å². The Balaban J connectivity index is 3.61. The average molecular weight is 374 g/mol. The van der Waals surface area contributed by atoms with Crippen molar-refractivity contribution < 1.29 is 32.9 Å². The molecule has 26 heavy (non-hydrogen) atoms. The average Bonchev–Trinajstić information content (AvgIpc) is 2.57. The minimum atomic E-state index is -5.33. The number of hydrogen-bond acceptors (Lipinski definition) is 3. The van der Waals surface area contributed by atoms with E-state index in [2.05, 4.69) is 0 Å². The molecule has 0 aromatic heterocycles. The summed E-state index contributed by atoms with van der Waals surface area (Å²) in [5.41, 5.74) is -2.57. The summed E-state index contributed by atoms with van der Waals surface area (Å²) in [6.07, 6.45) is -4.17. The first kappa shape index (κ1) is 22.0. The molecule has 0 aliphatic carbocycles. The van der Waals surface area contributed by atoms with Gasteiger partial charge in [-0.1, -0.05) is 39.0 Å². The van der Waals surface area contributed by atoms with Crippen LogP contribution in [0.15, 0.2) is 24.3 Å². The number of carboxylic acid groups (broad SMARTS) is 1. The van der Waals surface area contributed by atoms with Gasteiger partial charge in [0.25, 0.3) is 5.60 Å². The third-order valence-electron chi connectivity index (χ3n) is 4.56. The number of methoxy groups -OCH3 is 1. The summed E-state index contributed by atoms with van der Waals surface area (Å²) >= 11 is 0. The maximum atomic E-state index is 13.5. The Kier molecular flexibility index (Phi) is 6.88. The molecule has 2 unspecified atom stereocenters. The molecular formula is C19H25F3O4. The van der Waals surface area contributed by atoms with E-state index >= 15 is 0 Å². The molecule has 2 atom stereocenters. The quantitative estimate of drug-likeness (QED) is 0.730. The number of carbonyl (C=O) groups is 1. The second-order valence-corrected chi connectivity index (χ2v) is 6.39. The molecule has 0 saturated carbocycles. The number of aliphatic hydroxyl groups is 1. The third-order valence-corrected chi connectivity index (χ3v) is 4.56. The zero-order chi connectivity index (χ0) is 20.3. The lowest BCUT2D eigenvalue weighted by Crippen LogP contribution is -2.57. The monoisotopic (exact) mass is 374 g/mol. The molecule has 0 fully saturated rings. The summed E-state index contributed by atoms with van der Waals surface area (Å²) < 4.78 is 45.7. The first-order chi connectivity index (χ1) is 11.9. The van der Waals surface area contributed by atoms with E-state index in [-0.39, 0.29) is 17.9 Å². The van der Waals surface area contributed by atoms with Crippen LogP contribution in [0, 0.1) is 5.92 Å². The van der Waals surface area contributed by atoms with E-state index in [1.165, 1.54) is 27.0 Å². The molecule has 0 amide bonds. The molecule has 2 N–H and O–H groups in total. The summed E-state index contributed by atoms with van der Waals surface area (Å²) in [4.78, 5) is 11.4. The summed E-state index contributed by atoms with van der Waals surface area (Å²) in [5.74, 6) is -3.50. The van der Waals surface area contributed by atoms with Crippen LogP contribution in [-0.4, -0.2) is 35.1 Å². The van der Waals surface area contributed by atoms with Crippen LogP contribution in [0.2, 0.25) is 0 Å². The Labute approximate surface area is 151 Å². The maximum Gasteiger partial charge on any atom is 0.428 e. The molecule has 1 aromatic rings. The molecule has 4 nitrogen and oxygen atoms in total. The van der Waals surface area contributed by atoms with Gasteiger partial charge in [0.05, 0.1) is 7.11 Å². The lowest BCUT2D eigenvalue weighted by molar-refractivity contribution is -0.270. The van der Waals surface area contributed by atoms with Gasteiger partial charge in [0.15, 0.2) is 0 Å². The van der Waals surface area contributed by atoms with Gasteiger partial charge in [-0.05, 0) is 36.5 Å². The summed E-state index contributed by atoms with van der Waals surface area (Å²) in [6, 6.07) is 5.07. The van der Waals surface area contributed by atoms with Crippen molar-refractivity contribution in [2.24, 2.45) is 5.92 Å². The lowest BCUT2D eigenvalue weighted by Gasteiger charge is -2.35. The van der Waals surface area contributed by atoms with Crippen LogP contribution in [-0.2, 0) is 4.79 Å². The molecular weight excluding hydrogens is 349 g/mol. The Morgan fingerprint density at radius 2 is 1.88 bits per heavy atom. The number of rotatable bonds is 7. The van der Waals surface area contributed by atoms with Crippen molar-refractivity contribution >= 4 is 11.5 Å². The van der Waals surface area contributed by atoms with Crippen molar-refractivity contribution in [1.29, 1.82) is 0 Å². The van der Waals surface area contributed by atoms with E-state index in [1.54, 1.807) is 18.2 Å². The molecule has 146 valence electrons. The number of allylic oxidation sites excluding steroid dienone is 1. The van der Waals surface area contributed by atoms with E-state index in [9.17, 15) is 28.2 Å². The Morgan fingerprint density at radius 1 is 1.31 bits per heavy atom. The number of halogens is 3. The van der Waals surface area contributed by atoms with Crippen LogP contribution in [0.4, 0.5) is 13.2 Å². The van der Waals surface area contributed by atoms with Gasteiger partial charge in [-0.25, -0.2) is 4.79 Å². The van der Waals surface area contributed by atoms with E-state index < -0.39 is 23.7 Å². The summed E-state index contributed by atoms with van der Waals surface area (Å²) in [5, 5.41) is 19.3. The minimum Gasteiger partial charge on any atom is -0.496 e. The van der Waals surface area contributed by atoms with Crippen molar-refractivity contribution in [3.05, 3.63) is 35.4 Å². The van der Waals surface area contributed by atoms with Crippen molar-refractivity contribution in [2.75, 3.05) is 7.11 Å². The number of aliphatic carboxylic acids is 1. The molecule has 0 radical (unpaired) electrons. The van der Waals surface area contributed by atoms with E-state index in [4.69, 9.17) is 4.74 Å². The number of benzene rings is 1. The van der Waals surface area contributed by atoms with Crippen LogP contribution in [0.25, 0.3) is 5.57 Å². The Morgan fingerprint density at radius 3 is 2.23 bits per heavy atom. The van der Waals surface area contributed by atoms with Gasteiger partial charge in [-0.2, -0.15) is 13.2 Å². The fourth-order valence-electron chi connectivity index (χ4n) is 3.06. The highest BCUT2D eigenvalue weighted by Crippen LogP contribution is 2.46. The van der Waals surface area contributed by atoms with Crippen molar-refractivity contribution in [3.63, 3.8) is 0 Å². The first-order valence-electron chi connectivity index (χ1n) is 8.32. The summed E-state index contributed by atoms with van der Waals surface area (Å²) in [7, 11) is 1.39. The Bertz CT molecular complexity index is 680. The van der Waals surface area contributed by atoms with Crippen LogP contribution in [0.1, 0.15) is 51.2 Å². The molecule has 1 rings (SSSR count). The number of carboxylic acids is 1. The van der Waals surface area contributed by atoms with E-state index in [0.29, 0.717) is 11.3 Å². The van der Waals surface area contributed by atoms with Crippen molar-refractivity contribution in [1.82, 2.24) is 0 Å². The number of ether oxygens (including phenoxy) is 1. The molecule has 0 heterocycles. The van der Waals surface area contributed by atoms with Crippen LogP contribution in [0.5, 0.6) is 5.75 Å². The van der Waals surface area contributed by atoms with Gasteiger partial charge in [0.2, 0.25) is 0 Å². The lowest BCUT2D eigenvalue weighted by atomic mass is 9.76. The van der Waals surface area contributed by atoms with E-state index in [1.807, 2.05) is 13.8 Å². The highest BCUT2D eigenvalue weighted by Gasteiger charge is 2.64. The van der Waals surface area contributed by atoms with Crippen molar-refractivity contribution in [3.8, 4) is 5.75 Å². The molecule has 0 saturated heterocycles. The predicted octanol–water partition coefficient (Wildman–Crippen LogP) is 4.63. The zero-order valence-electron chi connectivity index (χ0n) is 15.5. The highest BCUT2D eigenvalue weighted by molar-refractivity contribution is 5.85. The molecule has 0 spiro atoms. The van der Waals surface area contributed by atoms with Gasteiger partial charge in [0.1, 0.15) is 5.75 Å². The molecule has 1 aromatic carbocycles. The normalized spacial score (nSPS) is 16.3. The smallest absolute Gasteiger partial charge is 0.428 e. The van der Waals surface area contributed by atoms with Gasteiger partial charge in [0, 0.05) is 11.5 Å². The first-order valence-corrected chi connectivity index (χ1v) is 8.32. The number of alkyl halides is 3. The van der Waals surface area contributed by atoms with Gasteiger partial charge < -0.3 is 14.9 Å². The fraction of sp³-hybridized carbons (Fsp3) is 0.526. The van der Waals surface area contributed by atoms with Crippen LogP contribution < -0.4 is 4.74 Å². The fourth-order valence-corrected chi connectivity index (χ4v) is 3.06. The topological polar surface area (TPSA) is 66.8 Å². The standard InChI is InChI=1S/C19H25F3O4/c1-6-13(14-9-8-12(11(3)4)10-16(14)26-5)15(7-2)18(25,17(23)24)19(20,21)22/h6,8-11,15,25H,7H2,1-5H3,(H,23,24). The second-order valence-electron chi connectivity index (χ2n) is 6.39. The van der Waals surface area contributed by atoms with Crippen LogP contribution in [0.3, 0.4) is 0 Å². The molecule has 7 heteroatoms. The maximum absolute atomic E-state index is 13.5. The minimum absolute atomic E-state index is 0.0712. The van der Waals surface area contributed by atoms with Crippen LogP contribution >= 0.6 is 0 Å². The zero-order valence-corrected chi connectivity index (χ0v) is 15.5. The molecule has 0 aliphatic heterocycles. The Hall–Kier alpha value is -2.02. The van der Waals surface area contributed by atoms with Gasteiger partial charge in [-0.3, -0.25) is 0 Å². The predicted molar refractivity (Wildman–Crippen MR) is 93.2 cm³/mol.